The zero-order chi connectivity index (χ0) is 10.0. The molecule has 0 radical (unpaired) electrons. The molecule has 0 spiro atoms. The van der Waals surface area contributed by atoms with Crippen molar-refractivity contribution in [2.45, 2.75) is 20.3 Å². The van der Waals surface area contributed by atoms with Gasteiger partial charge < -0.3 is 5.11 Å². The maximum atomic E-state index is 13.0. The minimum absolute atomic E-state index is 0.122. The molecule has 3 heteroatoms. The molecule has 0 unspecified atom stereocenters. The molecule has 13 heavy (non-hydrogen) atoms. The quantitative estimate of drug-likeness (QED) is 0.760. The van der Waals surface area contributed by atoms with Gasteiger partial charge in [-0.05, 0) is 36.6 Å². The molecule has 0 saturated heterocycles. The fraction of sp³-hybridized carbons (Fsp3) is 0.300. The Morgan fingerprint density at radius 1 is 1.38 bits per heavy atom. The van der Waals surface area contributed by atoms with Crippen LogP contribution in [-0.2, 0) is 11.2 Å². The molecule has 0 aliphatic rings. The summed E-state index contributed by atoms with van der Waals surface area (Å²) in [6, 6.07) is 2.95. The van der Waals surface area contributed by atoms with Gasteiger partial charge in [-0.25, -0.2) is 4.39 Å². The van der Waals surface area contributed by atoms with Crippen molar-refractivity contribution in [3.05, 3.63) is 34.6 Å². The van der Waals surface area contributed by atoms with Crippen LogP contribution in [0.1, 0.15) is 16.7 Å². The third-order valence-corrected chi connectivity index (χ3v) is 1.96. The van der Waals surface area contributed by atoms with Gasteiger partial charge in [0.2, 0.25) is 0 Å². The van der Waals surface area contributed by atoms with E-state index in [-0.39, 0.29) is 12.2 Å². The van der Waals surface area contributed by atoms with Crippen LogP contribution in [0.5, 0.6) is 0 Å². The molecule has 0 aliphatic heterocycles. The fourth-order valence-electron chi connectivity index (χ4n) is 1.22. The van der Waals surface area contributed by atoms with E-state index in [1.54, 1.807) is 19.9 Å². The second-order valence-electron chi connectivity index (χ2n) is 3.10. The number of benzene rings is 1. The van der Waals surface area contributed by atoms with Crippen LogP contribution in [0.3, 0.4) is 0 Å². The zero-order valence-corrected chi connectivity index (χ0v) is 7.60. The highest BCUT2D eigenvalue weighted by atomic mass is 19.1. The predicted octanol–water partition coefficient (Wildman–Crippen LogP) is 2.07. The highest BCUT2D eigenvalue weighted by molar-refractivity contribution is 5.70. The number of hydrogen-bond donors (Lipinski definition) is 1. The van der Waals surface area contributed by atoms with Gasteiger partial charge in [-0.2, -0.15) is 0 Å². The number of rotatable bonds is 2. The molecular formula is C10H11FO2. The standard InChI is InChI=1S/C10H11FO2/c1-6-3-7(2)9(11)4-8(6)5-10(12)13/h3-4H,5H2,1-2H3,(H,12,13). The highest BCUT2D eigenvalue weighted by Gasteiger charge is 2.07. The van der Waals surface area contributed by atoms with E-state index in [9.17, 15) is 9.18 Å². The topological polar surface area (TPSA) is 37.3 Å². The lowest BCUT2D eigenvalue weighted by Crippen LogP contribution is -2.03. The zero-order valence-electron chi connectivity index (χ0n) is 7.60. The summed E-state index contributed by atoms with van der Waals surface area (Å²) in [4.78, 5) is 10.4. The lowest BCUT2D eigenvalue weighted by atomic mass is 10.0. The minimum Gasteiger partial charge on any atom is -0.481 e. The van der Waals surface area contributed by atoms with Gasteiger partial charge in [0.1, 0.15) is 5.82 Å². The van der Waals surface area contributed by atoms with E-state index in [1.165, 1.54) is 6.07 Å². The first-order chi connectivity index (χ1) is 6.00. The molecule has 1 rings (SSSR count). The Morgan fingerprint density at radius 2 is 2.00 bits per heavy atom. The second kappa shape index (κ2) is 3.56. The van der Waals surface area contributed by atoms with Crippen LogP contribution in [-0.4, -0.2) is 11.1 Å². The second-order valence-corrected chi connectivity index (χ2v) is 3.10. The summed E-state index contributed by atoms with van der Waals surface area (Å²) in [6.07, 6.45) is -0.122. The van der Waals surface area contributed by atoms with Crippen molar-refractivity contribution in [2.24, 2.45) is 0 Å². The molecule has 0 bridgehead atoms. The van der Waals surface area contributed by atoms with E-state index < -0.39 is 5.97 Å². The number of carboxylic acids is 1. The van der Waals surface area contributed by atoms with Crippen LogP contribution in [0.15, 0.2) is 12.1 Å². The lowest BCUT2D eigenvalue weighted by Gasteiger charge is -2.05. The largest absolute Gasteiger partial charge is 0.481 e. The lowest BCUT2D eigenvalue weighted by molar-refractivity contribution is -0.136. The van der Waals surface area contributed by atoms with Crippen LogP contribution in [0, 0.1) is 19.7 Å². The molecule has 0 atom stereocenters. The molecule has 0 aromatic heterocycles. The first-order valence-electron chi connectivity index (χ1n) is 3.98. The van der Waals surface area contributed by atoms with Gasteiger partial charge in [0, 0.05) is 0 Å². The molecular weight excluding hydrogens is 171 g/mol. The molecule has 1 N–H and O–H groups in total. The van der Waals surface area contributed by atoms with Gasteiger partial charge in [0.05, 0.1) is 6.42 Å². The maximum absolute atomic E-state index is 13.0. The Balaban J connectivity index is 3.08. The van der Waals surface area contributed by atoms with E-state index in [1.807, 2.05) is 0 Å². The van der Waals surface area contributed by atoms with Gasteiger partial charge in [-0.3, -0.25) is 4.79 Å². The molecule has 0 saturated carbocycles. The van der Waals surface area contributed by atoms with Crippen molar-refractivity contribution >= 4 is 5.97 Å². The molecule has 1 aromatic carbocycles. The van der Waals surface area contributed by atoms with Crippen LogP contribution in [0.4, 0.5) is 4.39 Å². The minimum atomic E-state index is -0.939. The van der Waals surface area contributed by atoms with Gasteiger partial charge in [0.15, 0.2) is 0 Å². The summed E-state index contributed by atoms with van der Waals surface area (Å²) in [5.41, 5.74) is 1.91. The van der Waals surface area contributed by atoms with Crippen LogP contribution < -0.4 is 0 Å². The summed E-state index contributed by atoms with van der Waals surface area (Å²) in [7, 11) is 0. The van der Waals surface area contributed by atoms with E-state index in [0.29, 0.717) is 11.1 Å². The van der Waals surface area contributed by atoms with E-state index >= 15 is 0 Å². The Morgan fingerprint density at radius 3 is 2.54 bits per heavy atom. The van der Waals surface area contributed by atoms with Crippen LogP contribution in [0.25, 0.3) is 0 Å². The maximum Gasteiger partial charge on any atom is 0.307 e. The highest BCUT2D eigenvalue weighted by Crippen LogP contribution is 2.15. The molecule has 0 fully saturated rings. The van der Waals surface area contributed by atoms with Crippen molar-refractivity contribution in [1.29, 1.82) is 0 Å². The van der Waals surface area contributed by atoms with Crippen LogP contribution in [0.2, 0.25) is 0 Å². The number of carbonyl (C=O) groups is 1. The summed E-state index contributed by atoms with van der Waals surface area (Å²) in [5, 5.41) is 8.53. The Kier molecular flexibility index (Phi) is 2.66. The van der Waals surface area contributed by atoms with Crippen molar-refractivity contribution < 1.29 is 14.3 Å². The molecule has 70 valence electrons. The predicted molar refractivity (Wildman–Crippen MR) is 47.2 cm³/mol. The molecule has 2 nitrogen and oxygen atoms in total. The summed E-state index contributed by atoms with van der Waals surface area (Å²) in [6.45, 7) is 3.44. The van der Waals surface area contributed by atoms with Gasteiger partial charge in [0.25, 0.3) is 0 Å². The molecule has 1 aromatic rings. The SMILES string of the molecule is Cc1cc(C)c(CC(=O)O)cc1F. The van der Waals surface area contributed by atoms with Crippen molar-refractivity contribution in [1.82, 2.24) is 0 Å². The number of aliphatic carboxylic acids is 1. The van der Waals surface area contributed by atoms with Crippen LogP contribution >= 0.6 is 0 Å². The van der Waals surface area contributed by atoms with Gasteiger partial charge >= 0.3 is 5.97 Å². The van der Waals surface area contributed by atoms with Crippen molar-refractivity contribution in [3.8, 4) is 0 Å². The number of hydrogen-bond acceptors (Lipinski definition) is 1. The normalized spacial score (nSPS) is 10.1. The van der Waals surface area contributed by atoms with Gasteiger partial charge in [-0.1, -0.05) is 6.07 Å². The molecule has 0 heterocycles. The Bertz CT molecular complexity index is 345. The number of aryl methyl sites for hydroxylation is 2. The Hall–Kier alpha value is -1.38. The first kappa shape index (κ1) is 9.71. The van der Waals surface area contributed by atoms with E-state index in [0.717, 1.165) is 5.56 Å². The third-order valence-electron chi connectivity index (χ3n) is 1.96. The first-order valence-corrected chi connectivity index (χ1v) is 3.98. The third kappa shape index (κ3) is 2.28. The van der Waals surface area contributed by atoms with Crippen molar-refractivity contribution in [3.63, 3.8) is 0 Å². The summed E-state index contributed by atoms with van der Waals surface area (Å²) >= 11 is 0. The number of carboxylic acid groups (broad SMARTS) is 1. The average molecular weight is 182 g/mol. The number of halogens is 1. The Labute approximate surface area is 76.0 Å². The molecule has 0 aliphatic carbocycles. The smallest absolute Gasteiger partial charge is 0.307 e. The average Bonchev–Trinajstić information content (AvgIpc) is 1.99. The van der Waals surface area contributed by atoms with E-state index in [2.05, 4.69) is 0 Å². The van der Waals surface area contributed by atoms with E-state index in [4.69, 9.17) is 5.11 Å². The van der Waals surface area contributed by atoms with Crippen molar-refractivity contribution in [2.75, 3.05) is 0 Å². The monoisotopic (exact) mass is 182 g/mol. The molecule has 0 amide bonds. The summed E-state index contributed by atoms with van der Waals surface area (Å²) in [5.74, 6) is -1.28. The summed E-state index contributed by atoms with van der Waals surface area (Å²) < 4.78 is 13.0. The fourth-order valence-corrected chi connectivity index (χ4v) is 1.22. The van der Waals surface area contributed by atoms with Gasteiger partial charge in [-0.15, -0.1) is 0 Å².